The summed E-state index contributed by atoms with van der Waals surface area (Å²) in [5.41, 5.74) is 1.21. The van der Waals surface area contributed by atoms with Crippen LogP contribution in [0, 0.1) is 0 Å². The molecular weight excluding hydrogens is 422 g/mol. The standard InChI is InChI=1S/C25H35N3O5/c1-18-10-11-21(28(16-18)24(31)33-25(2,3)4)22(29)26-20-12-14-27(15-13-20)23(30)32-17-19-8-6-5-7-9-19/h5-9,20-21H,1,10-17H2,2-4H3,(H,26,29). The maximum atomic E-state index is 13.0. The van der Waals surface area contributed by atoms with Gasteiger partial charge >= 0.3 is 12.2 Å². The molecule has 3 amide bonds. The SMILES string of the molecule is C=C1CCC(C(=O)NC2CCN(C(=O)OCc3ccccc3)CC2)N(C(=O)OC(C)(C)C)C1. The molecule has 1 aromatic rings. The summed E-state index contributed by atoms with van der Waals surface area (Å²) in [6.45, 7) is 11.0. The third kappa shape index (κ3) is 7.23. The molecule has 2 heterocycles. The lowest BCUT2D eigenvalue weighted by Gasteiger charge is -2.38. The van der Waals surface area contributed by atoms with Gasteiger partial charge in [0.05, 0.1) is 0 Å². The molecule has 8 heteroatoms. The molecule has 1 unspecified atom stereocenters. The topological polar surface area (TPSA) is 88.2 Å². The highest BCUT2D eigenvalue weighted by Crippen LogP contribution is 2.24. The molecule has 0 aromatic heterocycles. The number of hydrogen-bond donors (Lipinski definition) is 1. The van der Waals surface area contributed by atoms with E-state index in [0.29, 0.717) is 45.3 Å². The average molecular weight is 458 g/mol. The molecule has 2 saturated heterocycles. The molecule has 2 aliphatic heterocycles. The summed E-state index contributed by atoms with van der Waals surface area (Å²) in [5.74, 6) is -0.182. The molecule has 1 aromatic carbocycles. The van der Waals surface area contributed by atoms with E-state index in [2.05, 4.69) is 11.9 Å². The van der Waals surface area contributed by atoms with Gasteiger partial charge in [0.2, 0.25) is 5.91 Å². The molecule has 0 bridgehead atoms. The van der Waals surface area contributed by atoms with Gasteiger partial charge in [0.15, 0.2) is 0 Å². The highest BCUT2D eigenvalue weighted by Gasteiger charge is 2.37. The molecule has 8 nitrogen and oxygen atoms in total. The lowest BCUT2D eigenvalue weighted by Crippen LogP contribution is -2.56. The van der Waals surface area contributed by atoms with E-state index in [0.717, 1.165) is 11.1 Å². The molecule has 0 spiro atoms. The fourth-order valence-electron chi connectivity index (χ4n) is 4.03. The first-order valence-corrected chi connectivity index (χ1v) is 11.5. The van der Waals surface area contributed by atoms with Crippen LogP contribution in [0.3, 0.4) is 0 Å². The van der Waals surface area contributed by atoms with Crippen LogP contribution in [-0.4, -0.2) is 65.2 Å². The highest BCUT2D eigenvalue weighted by molar-refractivity contribution is 5.86. The predicted octanol–water partition coefficient (Wildman–Crippen LogP) is 3.86. The van der Waals surface area contributed by atoms with Crippen LogP contribution in [0.25, 0.3) is 0 Å². The van der Waals surface area contributed by atoms with E-state index in [-0.39, 0.29) is 24.6 Å². The van der Waals surface area contributed by atoms with Crippen molar-refractivity contribution in [3.05, 3.63) is 48.0 Å². The van der Waals surface area contributed by atoms with Crippen LogP contribution in [0.2, 0.25) is 0 Å². The van der Waals surface area contributed by atoms with Crippen molar-refractivity contribution >= 4 is 18.1 Å². The van der Waals surface area contributed by atoms with E-state index in [1.165, 1.54) is 4.90 Å². The predicted molar refractivity (Wildman–Crippen MR) is 124 cm³/mol. The van der Waals surface area contributed by atoms with E-state index in [4.69, 9.17) is 9.47 Å². The number of rotatable bonds is 4. The quantitative estimate of drug-likeness (QED) is 0.694. The maximum Gasteiger partial charge on any atom is 0.411 e. The van der Waals surface area contributed by atoms with Gasteiger partial charge in [-0.1, -0.05) is 42.5 Å². The largest absolute Gasteiger partial charge is 0.445 e. The molecule has 2 aliphatic rings. The summed E-state index contributed by atoms with van der Waals surface area (Å²) >= 11 is 0. The fourth-order valence-corrected chi connectivity index (χ4v) is 4.03. The number of amides is 3. The van der Waals surface area contributed by atoms with E-state index in [9.17, 15) is 14.4 Å². The summed E-state index contributed by atoms with van der Waals surface area (Å²) in [4.78, 5) is 41.2. The van der Waals surface area contributed by atoms with Gasteiger partial charge in [0.25, 0.3) is 0 Å². The van der Waals surface area contributed by atoms with E-state index in [1.807, 2.05) is 30.3 Å². The van der Waals surface area contributed by atoms with Crippen molar-refractivity contribution in [1.82, 2.24) is 15.1 Å². The number of nitrogens with zero attached hydrogens (tertiary/aromatic N) is 2. The smallest absolute Gasteiger partial charge is 0.411 e. The Morgan fingerprint density at radius 2 is 1.73 bits per heavy atom. The Balaban J connectivity index is 1.48. The van der Waals surface area contributed by atoms with Crippen LogP contribution in [0.15, 0.2) is 42.5 Å². The van der Waals surface area contributed by atoms with Crippen LogP contribution >= 0.6 is 0 Å². The van der Waals surface area contributed by atoms with Gasteiger partial charge in [-0.25, -0.2) is 9.59 Å². The number of piperidine rings is 2. The minimum atomic E-state index is -0.640. The number of benzene rings is 1. The second kappa shape index (κ2) is 10.7. The van der Waals surface area contributed by atoms with Gasteiger partial charge < -0.3 is 19.7 Å². The zero-order valence-corrected chi connectivity index (χ0v) is 19.8. The Hall–Kier alpha value is -3.03. The van der Waals surface area contributed by atoms with E-state index >= 15 is 0 Å². The third-order valence-electron chi connectivity index (χ3n) is 5.78. The molecule has 0 aliphatic carbocycles. The third-order valence-corrected chi connectivity index (χ3v) is 5.78. The first kappa shape index (κ1) is 24.6. The molecule has 3 rings (SSSR count). The Kier molecular flexibility index (Phi) is 8.00. The molecule has 33 heavy (non-hydrogen) atoms. The van der Waals surface area contributed by atoms with Crippen molar-refractivity contribution in [3.8, 4) is 0 Å². The minimum Gasteiger partial charge on any atom is -0.445 e. The van der Waals surface area contributed by atoms with E-state index < -0.39 is 17.7 Å². The number of carbonyl (C=O) groups is 3. The van der Waals surface area contributed by atoms with Gasteiger partial charge in [0.1, 0.15) is 18.2 Å². The highest BCUT2D eigenvalue weighted by atomic mass is 16.6. The number of carbonyl (C=O) groups excluding carboxylic acids is 3. The van der Waals surface area contributed by atoms with Crippen molar-refractivity contribution in [3.63, 3.8) is 0 Å². The van der Waals surface area contributed by atoms with Gasteiger partial charge in [-0.2, -0.15) is 0 Å². The van der Waals surface area contributed by atoms with Gasteiger partial charge in [-0.05, 0) is 52.0 Å². The Morgan fingerprint density at radius 3 is 2.36 bits per heavy atom. The van der Waals surface area contributed by atoms with E-state index in [1.54, 1.807) is 25.7 Å². The van der Waals surface area contributed by atoms with Crippen molar-refractivity contribution in [2.24, 2.45) is 0 Å². The van der Waals surface area contributed by atoms with Gasteiger partial charge in [-0.3, -0.25) is 9.69 Å². The zero-order valence-electron chi connectivity index (χ0n) is 19.8. The first-order valence-electron chi connectivity index (χ1n) is 11.5. The van der Waals surface area contributed by atoms with Crippen LogP contribution < -0.4 is 5.32 Å². The first-order chi connectivity index (χ1) is 15.6. The molecular formula is C25H35N3O5. The van der Waals surface area contributed by atoms with Crippen molar-refractivity contribution < 1.29 is 23.9 Å². The molecule has 0 saturated carbocycles. The number of nitrogens with one attached hydrogen (secondary N) is 1. The summed E-state index contributed by atoms with van der Waals surface area (Å²) in [7, 11) is 0. The Bertz CT molecular complexity index is 857. The number of likely N-dealkylation sites (tertiary alicyclic amines) is 2. The summed E-state index contributed by atoms with van der Waals surface area (Å²) in [6.07, 6.45) is 1.65. The monoisotopic (exact) mass is 457 g/mol. The van der Waals surface area contributed by atoms with Crippen LogP contribution in [0.4, 0.5) is 9.59 Å². The summed E-state index contributed by atoms with van der Waals surface area (Å²) in [5, 5.41) is 3.07. The summed E-state index contributed by atoms with van der Waals surface area (Å²) < 4.78 is 10.9. The summed E-state index contributed by atoms with van der Waals surface area (Å²) in [6, 6.07) is 8.92. The van der Waals surface area contributed by atoms with Crippen molar-refractivity contribution in [2.75, 3.05) is 19.6 Å². The zero-order chi connectivity index (χ0) is 24.0. The Labute approximate surface area is 195 Å². The average Bonchev–Trinajstić information content (AvgIpc) is 2.77. The van der Waals surface area contributed by atoms with Gasteiger partial charge in [0, 0.05) is 25.7 Å². The van der Waals surface area contributed by atoms with Crippen molar-refractivity contribution in [2.45, 2.75) is 70.7 Å². The number of ether oxygens (including phenoxy) is 2. The molecule has 2 fully saturated rings. The second-order valence-corrected chi connectivity index (χ2v) is 9.72. The lowest BCUT2D eigenvalue weighted by atomic mass is 9.97. The molecule has 1 atom stereocenters. The molecule has 0 radical (unpaired) electrons. The normalized spacial score (nSPS) is 19.7. The molecule has 1 N–H and O–H groups in total. The second-order valence-electron chi connectivity index (χ2n) is 9.72. The van der Waals surface area contributed by atoms with Crippen LogP contribution in [0.1, 0.15) is 52.0 Å². The van der Waals surface area contributed by atoms with Gasteiger partial charge in [-0.15, -0.1) is 0 Å². The van der Waals surface area contributed by atoms with Crippen LogP contribution in [-0.2, 0) is 20.9 Å². The lowest BCUT2D eigenvalue weighted by molar-refractivity contribution is -0.128. The maximum absolute atomic E-state index is 13.0. The van der Waals surface area contributed by atoms with Crippen molar-refractivity contribution in [1.29, 1.82) is 0 Å². The molecule has 180 valence electrons. The number of hydrogen-bond acceptors (Lipinski definition) is 5. The minimum absolute atomic E-state index is 0.0544. The fraction of sp³-hybridized carbons (Fsp3) is 0.560. The Morgan fingerprint density at radius 1 is 1.06 bits per heavy atom. The van der Waals surface area contributed by atoms with Crippen LogP contribution in [0.5, 0.6) is 0 Å².